The van der Waals surface area contributed by atoms with Crippen LogP contribution in [0.2, 0.25) is 0 Å². The van der Waals surface area contributed by atoms with Crippen molar-refractivity contribution in [1.29, 1.82) is 0 Å². The van der Waals surface area contributed by atoms with E-state index in [1.54, 1.807) is 28.8 Å². The Labute approximate surface area is 156 Å². The Morgan fingerprint density at radius 1 is 1.11 bits per heavy atom. The van der Waals surface area contributed by atoms with Crippen molar-refractivity contribution in [3.63, 3.8) is 0 Å². The Kier molecular flexibility index (Phi) is 4.53. The fourth-order valence-corrected chi connectivity index (χ4v) is 3.17. The summed E-state index contributed by atoms with van der Waals surface area (Å²) in [6.07, 6.45) is 4.90. The van der Waals surface area contributed by atoms with Gasteiger partial charge in [-0.1, -0.05) is 6.07 Å². The molecule has 0 atom stereocenters. The van der Waals surface area contributed by atoms with Crippen LogP contribution < -0.4 is 4.90 Å². The van der Waals surface area contributed by atoms with E-state index in [-0.39, 0.29) is 5.91 Å². The van der Waals surface area contributed by atoms with E-state index >= 15 is 0 Å². The average Bonchev–Trinajstić information content (AvgIpc) is 3.25. The van der Waals surface area contributed by atoms with Crippen LogP contribution in [0.1, 0.15) is 16.1 Å². The summed E-state index contributed by atoms with van der Waals surface area (Å²) >= 11 is 0. The number of hydrogen-bond acceptors (Lipinski definition) is 5. The number of rotatable bonds is 3. The monoisotopic (exact) mass is 366 g/mol. The second-order valence-electron chi connectivity index (χ2n) is 6.38. The minimum absolute atomic E-state index is 0.0389. The fraction of sp³-hybridized carbons (Fsp3) is 0.263. The van der Waals surface area contributed by atoms with E-state index < -0.39 is 5.82 Å². The summed E-state index contributed by atoms with van der Waals surface area (Å²) in [6, 6.07) is 9.22. The molecule has 3 heterocycles. The van der Waals surface area contributed by atoms with E-state index in [4.69, 9.17) is 0 Å². The van der Waals surface area contributed by atoms with E-state index in [1.165, 1.54) is 6.33 Å². The molecule has 7 nitrogen and oxygen atoms in total. The maximum Gasteiger partial charge on any atom is 0.254 e. The number of hydrogen-bond donors (Lipinski definition) is 0. The zero-order valence-corrected chi connectivity index (χ0v) is 14.9. The van der Waals surface area contributed by atoms with Crippen LogP contribution in [0.4, 0.5) is 10.2 Å². The summed E-state index contributed by atoms with van der Waals surface area (Å²) in [5, 5.41) is 4.20. The van der Waals surface area contributed by atoms with E-state index in [9.17, 15) is 9.18 Å². The number of benzene rings is 1. The van der Waals surface area contributed by atoms with Crippen molar-refractivity contribution in [3.05, 3.63) is 66.1 Å². The lowest BCUT2D eigenvalue weighted by Crippen LogP contribution is -2.49. The second-order valence-corrected chi connectivity index (χ2v) is 6.38. The molecule has 1 aliphatic heterocycles. The highest BCUT2D eigenvalue weighted by Gasteiger charge is 2.25. The van der Waals surface area contributed by atoms with Gasteiger partial charge < -0.3 is 9.80 Å². The van der Waals surface area contributed by atoms with Gasteiger partial charge in [-0.25, -0.2) is 19.0 Å². The van der Waals surface area contributed by atoms with Gasteiger partial charge in [-0.3, -0.25) is 4.79 Å². The molecule has 0 unspecified atom stereocenters. The van der Waals surface area contributed by atoms with Gasteiger partial charge in [0.1, 0.15) is 6.33 Å². The molecule has 0 spiro atoms. The van der Waals surface area contributed by atoms with Gasteiger partial charge in [-0.15, -0.1) is 0 Å². The van der Waals surface area contributed by atoms with Crippen molar-refractivity contribution >= 4 is 11.7 Å². The minimum atomic E-state index is -0.399. The van der Waals surface area contributed by atoms with Gasteiger partial charge in [-0.05, 0) is 31.2 Å². The van der Waals surface area contributed by atoms with Gasteiger partial charge >= 0.3 is 0 Å². The fourth-order valence-electron chi connectivity index (χ4n) is 3.17. The molecule has 1 amide bonds. The first-order chi connectivity index (χ1) is 13.1. The topological polar surface area (TPSA) is 67.2 Å². The van der Waals surface area contributed by atoms with Crippen LogP contribution in [0.3, 0.4) is 0 Å². The summed E-state index contributed by atoms with van der Waals surface area (Å²) in [5.41, 5.74) is 1.78. The average molecular weight is 366 g/mol. The Balaban J connectivity index is 1.46. The molecule has 1 fully saturated rings. The SMILES string of the molecule is Cc1ncnc(N2CCN(C(=O)c3cccc(-n4cccn4)c3)CC2)c1F. The summed E-state index contributed by atoms with van der Waals surface area (Å²) in [7, 11) is 0. The van der Waals surface area contributed by atoms with Crippen molar-refractivity contribution in [1.82, 2.24) is 24.6 Å². The highest BCUT2D eigenvalue weighted by molar-refractivity contribution is 5.95. The number of nitrogens with zero attached hydrogens (tertiary/aromatic N) is 6. The Morgan fingerprint density at radius 2 is 1.93 bits per heavy atom. The lowest BCUT2D eigenvalue weighted by Gasteiger charge is -2.35. The van der Waals surface area contributed by atoms with Crippen molar-refractivity contribution in [2.24, 2.45) is 0 Å². The molecule has 2 aromatic heterocycles. The highest BCUT2D eigenvalue weighted by atomic mass is 19.1. The molecule has 0 radical (unpaired) electrons. The molecule has 1 aromatic carbocycles. The lowest BCUT2D eigenvalue weighted by molar-refractivity contribution is 0.0746. The molecule has 4 rings (SSSR count). The van der Waals surface area contributed by atoms with Crippen LogP contribution in [-0.2, 0) is 0 Å². The minimum Gasteiger partial charge on any atom is -0.351 e. The van der Waals surface area contributed by atoms with E-state index in [1.807, 2.05) is 35.4 Å². The molecule has 138 valence electrons. The van der Waals surface area contributed by atoms with Crippen molar-refractivity contribution in [2.45, 2.75) is 6.92 Å². The van der Waals surface area contributed by atoms with Gasteiger partial charge in [0.2, 0.25) is 0 Å². The maximum atomic E-state index is 14.2. The normalized spacial score (nSPS) is 14.4. The molecule has 3 aromatic rings. The predicted molar refractivity (Wildman–Crippen MR) is 98.4 cm³/mol. The Morgan fingerprint density at radius 3 is 2.67 bits per heavy atom. The number of halogens is 1. The lowest BCUT2D eigenvalue weighted by atomic mass is 10.1. The van der Waals surface area contributed by atoms with Crippen LogP contribution in [0.25, 0.3) is 5.69 Å². The predicted octanol–water partition coefficient (Wildman–Crippen LogP) is 2.07. The Hall–Kier alpha value is -3.29. The van der Waals surface area contributed by atoms with Gasteiger partial charge in [0, 0.05) is 44.1 Å². The third kappa shape index (κ3) is 3.38. The molecule has 0 bridgehead atoms. The molecule has 0 saturated carbocycles. The number of aromatic nitrogens is 4. The third-order valence-electron chi connectivity index (χ3n) is 4.67. The first-order valence-electron chi connectivity index (χ1n) is 8.75. The number of amides is 1. The van der Waals surface area contributed by atoms with Crippen LogP contribution >= 0.6 is 0 Å². The number of carbonyl (C=O) groups is 1. The number of carbonyl (C=O) groups excluding carboxylic acids is 1. The molecule has 27 heavy (non-hydrogen) atoms. The zero-order valence-electron chi connectivity index (χ0n) is 14.9. The largest absolute Gasteiger partial charge is 0.351 e. The summed E-state index contributed by atoms with van der Waals surface area (Å²) in [6.45, 7) is 3.68. The number of piperazine rings is 1. The van der Waals surface area contributed by atoms with Crippen molar-refractivity contribution in [3.8, 4) is 5.69 Å². The first-order valence-corrected chi connectivity index (χ1v) is 8.75. The second kappa shape index (κ2) is 7.14. The van der Waals surface area contributed by atoms with E-state index in [2.05, 4.69) is 15.1 Å². The first kappa shape index (κ1) is 17.1. The van der Waals surface area contributed by atoms with Gasteiger partial charge in [0.25, 0.3) is 5.91 Å². The summed E-state index contributed by atoms with van der Waals surface area (Å²) in [5.74, 6) is -0.137. The van der Waals surface area contributed by atoms with Crippen molar-refractivity contribution in [2.75, 3.05) is 31.1 Å². The third-order valence-corrected chi connectivity index (χ3v) is 4.67. The molecule has 1 saturated heterocycles. The van der Waals surface area contributed by atoms with E-state index in [0.717, 1.165) is 5.69 Å². The van der Waals surface area contributed by atoms with Crippen LogP contribution in [-0.4, -0.2) is 56.7 Å². The molecule has 0 aliphatic carbocycles. The van der Waals surface area contributed by atoms with Gasteiger partial charge in [0.15, 0.2) is 11.6 Å². The highest BCUT2D eigenvalue weighted by Crippen LogP contribution is 2.20. The molecular formula is C19H19FN6O. The van der Waals surface area contributed by atoms with E-state index in [0.29, 0.717) is 43.3 Å². The quantitative estimate of drug-likeness (QED) is 0.710. The number of anilines is 1. The van der Waals surface area contributed by atoms with Crippen molar-refractivity contribution < 1.29 is 9.18 Å². The van der Waals surface area contributed by atoms with Crippen LogP contribution in [0.5, 0.6) is 0 Å². The van der Waals surface area contributed by atoms with Crippen LogP contribution in [0.15, 0.2) is 49.1 Å². The standard InChI is InChI=1S/C19H19FN6O/c1-14-17(20)18(22-13-21-14)24-8-10-25(11-9-24)19(27)15-4-2-5-16(12-15)26-7-3-6-23-26/h2-7,12-13H,8-11H2,1H3. The molecule has 1 aliphatic rings. The molecule has 0 N–H and O–H groups in total. The summed E-state index contributed by atoms with van der Waals surface area (Å²) < 4.78 is 15.9. The maximum absolute atomic E-state index is 14.2. The molecule has 8 heteroatoms. The van der Waals surface area contributed by atoms with Gasteiger partial charge in [-0.2, -0.15) is 5.10 Å². The number of aryl methyl sites for hydroxylation is 1. The smallest absolute Gasteiger partial charge is 0.254 e. The molecular weight excluding hydrogens is 347 g/mol. The van der Waals surface area contributed by atoms with Crippen LogP contribution in [0, 0.1) is 12.7 Å². The zero-order chi connectivity index (χ0) is 18.8. The van der Waals surface area contributed by atoms with Gasteiger partial charge in [0.05, 0.1) is 11.4 Å². The Bertz CT molecular complexity index is 951. The summed E-state index contributed by atoms with van der Waals surface area (Å²) in [4.78, 5) is 24.4.